The van der Waals surface area contributed by atoms with Crippen LogP contribution in [-0.2, 0) is 4.79 Å². The minimum absolute atomic E-state index is 0. The molecule has 0 radical (unpaired) electrons. The first-order chi connectivity index (χ1) is 9.96. The zero-order chi connectivity index (χ0) is 14.6. The molecule has 0 amide bonds. The van der Waals surface area contributed by atoms with Crippen molar-refractivity contribution in [1.29, 1.82) is 0 Å². The molecule has 2 nitrogen and oxygen atoms in total. The summed E-state index contributed by atoms with van der Waals surface area (Å²) >= 11 is 0. The van der Waals surface area contributed by atoms with Gasteiger partial charge in [0.15, 0.2) is 5.78 Å². The second-order valence-electron chi connectivity index (χ2n) is 9.03. The maximum Gasteiger partial charge on any atom is 0.155 e. The monoisotopic (exact) mass is 302 g/mol. The van der Waals surface area contributed by atoms with E-state index in [-0.39, 0.29) is 18.9 Å². The van der Waals surface area contributed by atoms with Crippen molar-refractivity contribution in [1.82, 2.24) is 0 Å². The molecule has 1 N–H and O–H groups in total. The molecule has 2 heteroatoms. The number of aliphatic hydroxyl groups is 1. The predicted octanol–water partition coefficient (Wildman–Crippen LogP) is 3.98. The standard InChI is InChI=1S/C19H26O2.CH4/c1-18-6-5-14-17(13(18)3-4-16(18)21)12-8-10-7-11(20)9-15(12)19(10,14)2;/h7,12-17,21H,3-6,8-9H2,1-2H3;1H4/t12?,13-,14-,15?,16-,17-,18-,19-;/m0./s1. The molecule has 0 saturated heterocycles. The Morgan fingerprint density at radius 1 is 1.09 bits per heavy atom. The molecular weight excluding hydrogens is 272 g/mol. The Bertz CT molecular complexity index is 564. The van der Waals surface area contributed by atoms with Crippen LogP contribution in [0.2, 0.25) is 0 Å². The Morgan fingerprint density at radius 3 is 2.64 bits per heavy atom. The number of allylic oxidation sites excluding steroid dienone is 1. The fourth-order valence-corrected chi connectivity index (χ4v) is 7.73. The molecule has 0 spiro atoms. The summed E-state index contributed by atoms with van der Waals surface area (Å²) in [6.45, 7) is 4.81. The molecule has 0 aromatic heterocycles. The van der Waals surface area contributed by atoms with Gasteiger partial charge in [0.1, 0.15) is 0 Å². The summed E-state index contributed by atoms with van der Waals surface area (Å²) in [6.07, 6.45) is 8.56. The molecule has 5 rings (SSSR count). The van der Waals surface area contributed by atoms with Gasteiger partial charge in [-0.05, 0) is 78.6 Å². The third-order valence-corrected chi connectivity index (χ3v) is 8.74. The number of aliphatic hydroxyl groups excluding tert-OH is 1. The van der Waals surface area contributed by atoms with Crippen LogP contribution in [0.15, 0.2) is 11.6 Å². The van der Waals surface area contributed by atoms with Crippen molar-refractivity contribution in [3.05, 3.63) is 11.6 Å². The molecular formula is C20H30O2. The highest BCUT2D eigenvalue weighted by atomic mass is 16.3. The first-order valence-corrected chi connectivity index (χ1v) is 8.88. The van der Waals surface area contributed by atoms with Crippen molar-refractivity contribution < 1.29 is 9.90 Å². The summed E-state index contributed by atoms with van der Waals surface area (Å²) in [4.78, 5) is 12.0. The van der Waals surface area contributed by atoms with E-state index in [2.05, 4.69) is 13.8 Å². The lowest BCUT2D eigenvalue weighted by molar-refractivity contribution is -0.116. The number of carbonyl (C=O) groups excluding carboxylic acids is 1. The van der Waals surface area contributed by atoms with Crippen LogP contribution in [0.3, 0.4) is 0 Å². The van der Waals surface area contributed by atoms with Gasteiger partial charge < -0.3 is 5.11 Å². The molecule has 4 bridgehead atoms. The molecule has 8 atom stereocenters. The van der Waals surface area contributed by atoms with Crippen LogP contribution in [0.25, 0.3) is 0 Å². The second kappa shape index (κ2) is 4.26. The second-order valence-corrected chi connectivity index (χ2v) is 9.03. The molecule has 0 aromatic rings. The maximum atomic E-state index is 12.0. The highest BCUT2D eigenvalue weighted by molar-refractivity contribution is 5.92. The van der Waals surface area contributed by atoms with E-state index >= 15 is 0 Å². The van der Waals surface area contributed by atoms with Gasteiger partial charge in [-0.3, -0.25) is 4.79 Å². The lowest BCUT2D eigenvalue weighted by Gasteiger charge is -2.52. The summed E-state index contributed by atoms with van der Waals surface area (Å²) < 4.78 is 0. The topological polar surface area (TPSA) is 37.3 Å². The quantitative estimate of drug-likeness (QED) is 0.735. The number of hydrogen-bond donors (Lipinski definition) is 1. The van der Waals surface area contributed by atoms with Gasteiger partial charge in [0.2, 0.25) is 0 Å². The Morgan fingerprint density at radius 2 is 1.86 bits per heavy atom. The Labute approximate surface area is 134 Å². The summed E-state index contributed by atoms with van der Waals surface area (Å²) in [7, 11) is 0. The molecule has 0 heterocycles. The molecule has 122 valence electrons. The predicted molar refractivity (Wildman–Crippen MR) is 87.2 cm³/mol. The lowest BCUT2D eigenvalue weighted by Crippen LogP contribution is -2.47. The summed E-state index contributed by atoms with van der Waals surface area (Å²) in [6, 6.07) is 0. The normalized spacial score (nSPS) is 58.0. The Hall–Kier alpha value is -0.630. The van der Waals surface area contributed by atoms with Crippen LogP contribution < -0.4 is 0 Å². The van der Waals surface area contributed by atoms with E-state index in [9.17, 15) is 9.90 Å². The molecule has 22 heavy (non-hydrogen) atoms. The van der Waals surface area contributed by atoms with Crippen molar-refractivity contribution in [3.63, 3.8) is 0 Å². The molecule has 0 aromatic carbocycles. The van der Waals surface area contributed by atoms with Crippen LogP contribution in [0.4, 0.5) is 0 Å². The minimum Gasteiger partial charge on any atom is -0.393 e. The third-order valence-electron chi connectivity index (χ3n) is 8.74. The van der Waals surface area contributed by atoms with Crippen LogP contribution in [0.1, 0.15) is 59.8 Å². The first kappa shape index (κ1) is 14.9. The van der Waals surface area contributed by atoms with E-state index in [1.807, 2.05) is 6.08 Å². The van der Waals surface area contributed by atoms with Crippen molar-refractivity contribution in [2.24, 2.45) is 40.4 Å². The van der Waals surface area contributed by atoms with E-state index < -0.39 is 0 Å². The summed E-state index contributed by atoms with van der Waals surface area (Å²) in [5, 5.41) is 10.5. The van der Waals surface area contributed by atoms with Gasteiger partial charge in [0, 0.05) is 6.42 Å². The largest absolute Gasteiger partial charge is 0.393 e. The fourth-order valence-electron chi connectivity index (χ4n) is 7.73. The van der Waals surface area contributed by atoms with Crippen molar-refractivity contribution in [3.8, 4) is 0 Å². The Balaban J connectivity index is 0.00000125. The van der Waals surface area contributed by atoms with Gasteiger partial charge in [-0.2, -0.15) is 0 Å². The maximum absolute atomic E-state index is 12.0. The van der Waals surface area contributed by atoms with Gasteiger partial charge in [-0.25, -0.2) is 0 Å². The molecule has 4 fully saturated rings. The minimum atomic E-state index is -0.0874. The van der Waals surface area contributed by atoms with Crippen LogP contribution >= 0.6 is 0 Å². The van der Waals surface area contributed by atoms with E-state index in [4.69, 9.17) is 0 Å². The average molecular weight is 302 g/mol. The van der Waals surface area contributed by atoms with Crippen molar-refractivity contribution in [2.75, 3.05) is 0 Å². The number of hydrogen-bond acceptors (Lipinski definition) is 2. The molecule has 5 aliphatic carbocycles. The SMILES string of the molecule is C.C[C@]12CC[C@H]3[C@@H](C4CC5=CC(=O)CC4[C@@]53C)[C@@H]1CC[C@@H]2O. The van der Waals surface area contributed by atoms with E-state index in [0.717, 1.165) is 30.6 Å². The highest BCUT2D eigenvalue weighted by Gasteiger charge is 2.70. The highest BCUT2D eigenvalue weighted by Crippen LogP contribution is 2.75. The Kier molecular flexibility index (Phi) is 2.89. The molecule has 0 aliphatic heterocycles. The number of ketones is 1. The van der Waals surface area contributed by atoms with E-state index in [1.165, 1.54) is 31.3 Å². The van der Waals surface area contributed by atoms with Gasteiger partial charge >= 0.3 is 0 Å². The molecule has 5 aliphatic rings. The van der Waals surface area contributed by atoms with Gasteiger partial charge in [0.05, 0.1) is 6.10 Å². The molecule has 4 saturated carbocycles. The van der Waals surface area contributed by atoms with Gasteiger partial charge in [0.25, 0.3) is 0 Å². The van der Waals surface area contributed by atoms with Crippen LogP contribution in [0, 0.1) is 40.4 Å². The van der Waals surface area contributed by atoms with Crippen molar-refractivity contribution in [2.45, 2.75) is 65.9 Å². The average Bonchev–Trinajstić information content (AvgIpc) is 2.90. The zero-order valence-electron chi connectivity index (χ0n) is 13.1. The molecule has 2 unspecified atom stereocenters. The fraction of sp³-hybridized carbons (Fsp3) is 0.850. The van der Waals surface area contributed by atoms with Gasteiger partial charge in [-0.1, -0.05) is 26.8 Å². The summed E-state index contributed by atoms with van der Waals surface area (Å²) in [5.74, 6) is 3.98. The van der Waals surface area contributed by atoms with Crippen LogP contribution in [-0.4, -0.2) is 17.0 Å². The van der Waals surface area contributed by atoms with Crippen LogP contribution in [0.5, 0.6) is 0 Å². The smallest absolute Gasteiger partial charge is 0.155 e. The zero-order valence-corrected chi connectivity index (χ0v) is 13.1. The number of carbonyl (C=O) groups is 1. The third kappa shape index (κ3) is 1.40. The van der Waals surface area contributed by atoms with Crippen molar-refractivity contribution >= 4 is 5.78 Å². The van der Waals surface area contributed by atoms with Gasteiger partial charge in [-0.15, -0.1) is 0 Å². The van der Waals surface area contributed by atoms with E-state index in [0.29, 0.717) is 23.0 Å². The number of rotatable bonds is 0. The number of fused-ring (bicyclic) bond motifs is 4. The summed E-state index contributed by atoms with van der Waals surface area (Å²) in [5.41, 5.74) is 1.96. The lowest BCUT2D eigenvalue weighted by atomic mass is 9.53. The van der Waals surface area contributed by atoms with E-state index in [1.54, 1.807) is 0 Å². The first-order valence-electron chi connectivity index (χ1n) is 8.88.